The highest BCUT2D eigenvalue weighted by Gasteiger charge is 2.49. The molecule has 2 aromatic rings. The average Bonchev–Trinajstić information content (AvgIpc) is 3.08. The molecule has 1 aliphatic rings. The number of urea groups is 1. The molecule has 0 aliphatic carbocycles. The van der Waals surface area contributed by atoms with Crippen LogP contribution in [0.2, 0.25) is 0 Å². The minimum absolute atomic E-state index is 0.00823. The van der Waals surface area contributed by atoms with Crippen LogP contribution in [0.1, 0.15) is 67.5 Å². The molecule has 0 spiro atoms. The van der Waals surface area contributed by atoms with Gasteiger partial charge in [0.2, 0.25) is 0 Å². The molecular formula is C24H31N3O3. The fraction of sp³-hybridized carbons (Fsp3) is 0.458. The van der Waals surface area contributed by atoms with Gasteiger partial charge in [-0.3, -0.25) is 14.5 Å². The first-order valence-electron chi connectivity index (χ1n) is 10.3. The molecular weight excluding hydrogens is 378 g/mol. The first-order chi connectivity index (χ1) is 13.9. The first-order valence-corrected chi connectivity index (χ1v) is 10.3. The van der Waals surface area contributed by atoms with Crippen molar-refractivity contribution in [2.45, 2.75) is 66.0 Å². The number of nitrogens with one attached hydrogen (secondary N) is 1. The Morgan fingerprint density at radius 2 is 1.70 bits per heavy atom. The van der Waals surface area contributed by atoms with Crippen LogP contribution in [-0.4, -0.2) is 33.7 Å². The van der Waals surface area contributed by atoms with E-state index in [0.29, 0.717) is 11.1 Å². The quantitative estimate of drug-likeness (QED) is 0.598. The highest BCUT2D eigenvalue weighted by molar-refractivity contribution is 6.11. The Morgan fingerprint density at radius 3 is 2.20 bits per heavy atom. The molecule has 1 saturated heterocycles. The van der Waals surface area contributed by atoms with E-state index in [1.807, 2.05) is 55.7 Å². The minimum atomic E-state index is -1.19. The summed E-state index contributed by atoms with van der Waals surface area (Å²) in [4.78, 5) is 39.7. The summed E-state index contributed by atoms with van der Waals surface area (Å²) in [5.74, 6) is -0.646. The van der Waals surface area contributed by atoms with Gasteiger partial charge in [-0.2, -0.15) is 0 Å². The van der Waals surface area contributed by atoms with E-state index in [1.165, 1.54) is 0 Å². The topological polar surface area (TPSA) is 71.4 Å². The minimum Gasteiger partial charge on any atom is -0.349 e. The maximum atomic E-state index is 13.2. The number of benzene rings is 1. The second kappa shape index (κ2) is 7.42. The zero-order valence-corrected chi connectivity index (χ0v) is 18.9. The van der Waals surface area contributed by atoms with Crippen molar-refractivity contribution in [3.05, 3.63) is 58.4 Å². The summed E-state index contributed by atoms with van der Waals surface area (Å²) in [6.07, 6.45) is 0. The molecule has 0 radical (unpaired) electrons. The highest BCUT2D eigenvalue weighted by Crippen LogP contribution is 2.31. The number of hydrogen-bond donors (Lipinski definition) is 1. The predicted octanol–water partition coefficient (Wildman–Crippen LogP) is 4.07. The Kier molecular flexibility index (Phi) is 5.39. The summed E-state index contributed by atoms with van der Waals surface area (Å²) in [6, 6.07) is 8.99. The maximum absolute atomic E-state index is 13.2. The number of rotatable bonds is 5. The lowest BCUT2D eigenvalue weighted by Crippen LogP contribution is -2.41. The van der Waals surface area contributed by atoms with Crippen molar-refractivity contribution in [2.75, 3.05) is 6.54 Å². The van der Waals surface area contributed by atoms with E-state index < -0.39 is 17.5 Å². The van der Waals surface area contributed by atoms with Crippen LogP contribution in [0.15, 0.2) is 30.3 Å². The number of aryl methyl sites for hydroxylation is 1. The molecule has 1 atom stereocenters. The largest absolute Gasteiger partial charge is 0.349 e. The molecule has 0 bridgehead atoms. The second-order valence-corrected chi connectivity index (χ2v) is 9.23. The van der Waals surface area contributed by atoms with Gasteiger partial charge in [-0.05, 0) is 50.3 Å². The Morgan fingerprint density at radius 1 is 1.10 bits per heavy atom. The molecule has 160 valence electrons. The molecule has 1 aliphatic heterocycles. The second-order valence-electron chi connectivity index (χ2n) is 9.23. The van der Waals surface area contributed by atoms with Gasteiger partial charge in [-0.15, -0.1) is 0 Å². The number of carbonyl (C=O) groups excluding carboxylic acids is 3. The zero-order valence-electron chi connectivity index (χ0n) is 18.9. The highest BCUT2D eigenvalue weighted by atomic mass is 16.2. The van der Waals surface area contributed by atoms with Crippen molar-refractivity contribution >= 4 is 17.7 Å². The third kappa shape index (κ3) is 3.55. The van der Waals surface area contributed by atoms with Crippen molar-refractivity contribution in [2.24, 2.45) is 0 Å². The van der Waals surface area contributed by atoms with E-state index in [1.54, 1.807) is 6.92 Å². The van der Waals surface area contributed by atoms with Crippen LogP contribution in [0.4, 0.5) is 4.79 Å². The van der Waals surface area contributed by atoms with E-state index in [-0.39, 0.29) is 17.7 Å². The smallest absolute Gasteiger partial charge is 0.325 e. The fourth-order valence-corrected chi connectivity index (χ4v) is 4.14. The molecule has 6 nitrogen and oxygen atoms in total. The maximum Gasteiger partial charge on any atom is 0.325 e. The lowest BCUT2D eigenvalue weighted by molar-refractivity contribution is -0.130. The van der Waals surface area contributed by atoms with Crippen molar-refractivity contribution in [3.8, 4) is 0 Å². The van der Waals surface area contributed by atoms with E-state index >= 15 is 0 Å². The van der Waals surface area contributed by atoms with Crippen molar-refractivity contribution < 1.29 is 14.4 Å². The molecule has 6 heteroatoms. The van der Waals surface area contributed by atoms with Crippen LogP contribution in [0, 0.1) is 13.8 Å². The third-order valence-electron chi connectivity index (χ3n) is 6.10. The Balaban J connectivity index is 1.85. The molecule has 30 heavy (non-hydrogen) atoms. The van der Waals surface area contributed by atoms with E-state index in [0.717, 1.165) is 28.4 Å². The number of carbonyl (C=O) groups is 3. The molecule has 1 aromatic carbocycles. The van der Waals surface area contributed by atoms with Gasteiger partial charge in [0.1, 0.15) is 5.54 Å². The van der Waals surface area contributed by atoms with E-state index in [9.17, 15) is 14.4 Å². The van der Waals surface area contributed by atoms with Gasteiger partial charge in [0.05, 0.1) is 6.54 Å². The molecule has 3 amide bonds. The summed E-state index contributed by atoms with van der Waals surface area (Å²) >= 11 is 0. The van der Waals surface area contributed by atoms with Gasteiger partial charge in [0, 0.05) is 23.5 Å². The summed E-state index contributed by atoms with van der Waals surface area (Å²) in [5.41, 5.74) is 3.04. The number of aromatic nitrogens is 1. The van der Waals surface area contributed by atoms with Gasteiger partial charge >= 0.3 is 6.03 Å². The van der Waals surface area contributed by atoms with Gasteiger partial charge in [-0.1, -0.05) is 45.0 Å². The van der Waals surface area contributed by atoms with Gasteiger partial charge in [0.25, 0.3) is 5.91 Å². The summed E-state index contributed by atoms with van der Waals surface area (Å²) in [5, 5.41) is 2.78. The van der Waals surface area contributed by atoms with Crippen molar-refractivity contribution in [1.29, 1.82) is 0 Å². The molecule has 1 unspecified atom stereocenters. The lowest BCUT2D eigenvalue weighted by atomic mass is 9.84. The number of Topliss-reactive ketones (excluding diaryl/α,β-unsaturated/α-hetero) is 1. The molecule has 1 fully saturated rings. The SMILES string of the molecule is CCn1c(C)cc(C(=O)CN2C(=O)NC(C)(c3ccc(C(C)(C)C)cc3)C2=O)c1C. The van der Waals surface area contributed by atoms with Crippen molar-refractivity contribution in [3.63, 3.8) is 0 Å². The van der Waals surface area contributed by atoms with Crippen molar-refractivity contribution in [1.82, 2.24) is 14.8 Å². The normalized spacial score (nSPS) is 19.4. The Bertz CT molecular complexity index is 1010. The number of ketones is 1. The Hall–Kier alpha value is -2.89. The Labute approximate surface area is 178 Å². The number of hydrogen-bond acceptors (Lipinski definition) is 3. The van der Waals surface area contributed by atoms with Crippen LogP contribution in [0.5, 0.6) is 0 Å². The molecule has 3 rings (SSSR count). The van der Waals surface area contributed by atoms with E-state index in [4.69, 9.17) is 0 Å². The third-order valence-corrected chi connectivity index (χ3v) is 6.10. The van der Waals surface area contributed by atoms with Crippen LogP contribution in [0.3, 0.4) is 0 Å². The van der Waals surface area contributed by atoms with Gasteiger partial charge in [-0.25, -0.2) is 4.79 Å². The zero-order chi connectivity index (χ0) is 22.4. The average molecular weight is 410 g/mol. The number of amides is 3. The van der Waals surface area contributed by atoms with Crippen LogP contribution in [-0.2, 0) is 22.3 Å². The standard InChI is InChI=1S/C24H31N3O3/c1-8-26-15(2)13-19(16(26)3)20(28)14-27-21(29)24(7,25-22(27)30)18-11-9-17(10-12-18)23(4,5)6/h9-13H,8,14H2,1-7H3,(H,25,30). The molecule has 1 N–H and O–H groups in total. The van der Waals surface area contributed by atoms with Gasteiger partial charge < -0.3 is 9.88 Å². The van der Waals surface area contributed by atoms with Crippen LogP contribution in [0.25, 0.3) is 0 Å². The van der Waals surface area contributed by atoms with Gasteiger partial charge in [0.15, 0.2) is 5.78 Å². The monoisotopic (exact) mass is 409 g/mol. The number of imide groups is 1. The van der Waals surface area contributed by atoms with E-state index in [2.05, 4.69) is 26.1 Å². The first kappa shape index (κ1) is 21.8. The summed E-state index contributed by atoms with van der Waals surface area (Å²) < 4.78 is 2.04. The molecule has 1 aromatic heterocycles. The summed E-state index contributed by atoms with van der Waals surface area (Å²) in [6.45, 7) is 14.4. The molecule has 2 heterocycles. The lowest BCUT2D eigenvalue weighted by Gasteiger charge is -2.24. The van der Waals surface area contributed by atoms with Crippen LogP contribution >= 0.6 is 0 Å². The predicted molar refractivity (Wildman–Crippen MR) is 117 cm³/mol. The number of nitrogens with zero attached hydrogens (tertiary/aromatic N) is 2. The fourth-order valence-electron chi connectivity index (χ4n) is 4.14. The van der Waals surface area contributed by atoms with Crippen LogP contribution < -0.4 is 5.32 Å². The summed E-state index contributed by atoms with van der Waals surface area (Å²) in [7, 11) is 0. The molecule has 0 saturated carbocycles.